The molecule has 1 aliphatic heterocycles. The Labute approximate surface area is 140 Å². The fourth-order valence-electron chi connectivity index (χ4n) is 3.06. The summed E-state index contributed by atoms with van der Waals surface area (Å²) in [5, 5.41) is 7.37. The number of likely N-dealkylation sites (N-methyl/N-ethyl adjacent to an activating group) is 1. The molecule has 1 fully saturated rings. The lowest BCUT2D eigenvalue weighted by Gasteiger charge is -2.23. The fraction of sp³-hybridized carbons (Fsp3) is 0.611. The Bertz CT molecular complexity index is 458. The molecule has 3 nitrogen and oxygen atoms in total. The number of nitrogens with one attached hydrogen (secondary N) is 2. The highest BCUT2D eigenvalue weighted by atomic mass is 32.1. The topological polar surface area (TPSA) is 27.3 Å². The molecule has 2 rings (SSSR count). The monoisotopic (exact) mass is 319 g/mol. The van der Waals surface area contributed by atoms with Crippen LogP contribution in [0.15, 0.2) is 24.3 Å². The molecule has 0 aliphatic carbocycles. The van der Waals surface area contributed by atoms with E-state index in [0.717, 1.165) is 30.3 Å². The average molecular weight is 320 g/mol. The van der Waals surface area contributed by atoms with Crippen LogP contribution in [-0.2, 0) is 6.42 Å². The Morgan fingerprint density at radius 1 is 1.27 bits per heavy atom. The third-order valence-electron chi connectivity index (χ3n) is 4.43. The Morgan fingerprint density at radius 2 is 2.05 bits per heavy atom. The summed E-state index contributed by atoms with van der Waals surface area (Å²) in [6.07, 6.45) is 6.23. The molecule has 0 spiro atoms. The molecule has 122 valence electrons. The van der Waals surface area contributed by atoms with Crippen LogP contribution in [0.4, 0.5) is 5.69 Å². The first-order valence-electron chi connectivity index (χ1n) is 8.60. The number of likely N-dealkylation sites (tertiary alicyclic amines) is 1. The van der Waals surface area contributed by atoms with Crippen LogP contribution in [0.1, 0.15) is 45.1 Å². The first-order valence-corrected chi connectivity index (χ1v) is 9.01. The lowest BCUT2D eigenvalue weighted by molar-refractivity contribution is 0.267. The van der Waals surface area contributed by atoms with E-state index in [2.05, 4.69) is 53.6 Å². The van der Waals surface area contributed by atoms with Crippen molar-refractivity contribution in [2.24, 2.45) is 0 Å². The Kier molecular flexibility index (Phi) is 7.13. The van der Waals surface area contributed by atoms with Gasteiger partial charge in [0.25, 0.3) is 0 Å². The number of rotatable bonds is 7. The highest BCUT2D eigenvalue weighted by Crippen LogP contribution is 2.16. The Morgan fingerprint density at radius 3 is 2.73 bits per heavy atom. The molecule has 0 bridgehead atoms. The molecule has 0 unspecified atom stereocenters. The van der Waals surface area contributed by atoms with Gasteiger partial charge >= 0.3 is 0 Å². The second-order valence-corrected chi connectivity index (χ2v) is 6.47. The van der Waals surface area contributed by atoms with Crippen molar-refractivity contribution in [2.45, 2.75) is 52.0 Å². The molecule has 1 aromatic carbocycles. The number of aryl methyl sites for hydroxylation is 1. The Balaban J connectivity index is 1.74. The molecule has 0 saturated carbocycles. The van der Waals surface area contributed by atoms with E-state index < -0.39 is 0 Å². The highest BCUT2D eigenvalue weighted by Gasteiger charge is 2.22. The van der Waals surface area contributed by atoms with E-state index in [1.807, 2.05) is 0 Å². The number of hydrogen-bond donors (Lipinski definition) is 2. The summed E-state index contributed by atoms with van der Waals surface area (Å²) in [5.41, 5.74) is 2.47. The zero-order chi connectivity index (χ0) is 15.8. The minimum absolute atomic E-state index is 0.626. The van der Waals surface area contributed by atoms with Crippen LogP contribution in [0.3, 0.4) is 0 Å². The fourth-order valence-corrected chi connectivity index (χ4v) is 3.27. The van der Waals surface area contributed by atoms with Gasteiger partial charge in [-0.1, -0.05) is 32.4 Å². The SMILES string of the molecule is CCCCc1ccc(NC(=S)NC[C@H]2CCCN2CC)cc1. The molecule has 2 N–H and O–H groups in total. The summed E-state index contributed by atoms with van der Waals surface area (Å²) in [7, 11) is 0. The maximum Gasteiger partial charge on any atom is 0.170 e. The van der Waals surface area contributed by atoms with E-state index in [1.54, 1.807) is 0 Å². The largest absolute Gasteiger partial charge is 0.361 e. The van der Waals surface area contributed by atoms with Gasteiger partial charge in [0.2, 0.25) is 0 Å². The van der Waals surface area contributed by atoms with E-state index in [4.69, 9.17) is 12.2 Å². The molecule has 4 heteroatoms. The molecule has 1 aliphatic rings. The quantitative estimate of drug-likeness (QED) is 0.748. The number of nitrogens with zero attached hydrogens (tertiary/aromatic N) is 1. The second-order valence-electron chi connectivity index (χ2n) is 6.06. The van der Waals surface area contributed by atoms with E-state index in [-0.39, 0.29) is 0 Å². The van der Waals surface area contributed by atoms with Gasteiger partial charge in [-0.2, -0.15) is 0 Å². The summed E-state index contributed by atoms with van der Waals surface area (Å²) >= 11 is 5.41. The number of hydrogen-bond acceptors (Lipinski definition) is 2. The van der Waals surface area contributed by atoms with E-state index in [9.17, 15) is 0 Å². The van der Waals surface area contributed by atoms with Crippen LogP contribution in [0, 0.1) is 0 Å². The normalized spacial score (nSPS) is 18.4. The average Bonchev–Trinajstić information content (AvgIpc) is 3.00. The predicted molar refractivity (Wildman–Crippen MR) is 99.5 cm³/mol. The van der Waals surface area contributed by atoms with Crippen molar-refractivity contribution in [3.05, 3.63) is 29.8 Å². The van der Waals surface area contributed by atoms with Gasteiger partial charge in [0.05, 0.1) is 0 Å². The molecule has 1 heterocycles. The molecule has 0 aromatic heterocycles. The molecule has 1 aromatic rings. The molecular weight excluding hydrogens is 290 g/mol. The standard InChI is InChI=1S/C18H29N3S/c1-3-5-7-15-9-11-16(12-10-15)20-18(22)19-14-17-8-6-13-21(17)4-2/h9-12,17H,3-8,13-14H2,1-2H3,(H2,19,20,22)/t17-/m1/s1. The van der Waals surface area contributed by atoms with Crippen LogP contribution >= 0.6 is 12.2 Å². The minimum Gasteiger partial charge on any atom is -0.361 e. The maximum absolute atomic E-state index is 5.41. The van der Waals surface area contributed by atoms with E-state index >= 15 is 0 Å². The first kappa shape index (κ1) is 17.2. The highest BCUT2D eigenvalue weighted by molar-refractivity contribution is 7.80. The Hall–Kier alpha value is -1.13. The number of unbranched alkanes of at least 4 members (excludes halogenated alkanes) is 1. The van der Waals surface area contributed by atoms with E-state index in [1.165, 1.54) is 37.8 Å². The molecule has 1 saturated heterocycles. The van der Waals surface area contributed by atoms with Gasteiger partial charge in [-0.3, -0.25) is 4.90 Å². The zero-order valence-electron chi connectivity index (χ0n) is 13.9. The van der Waals surface area contributed by atoms with Crippen LogP contribution in [0.5, 0.6) is 0 Å². The third-order valence-corrected chi connectivity index (χ3v) is 4.68. The van der Waals surface area contributed by atoms with Gasteiger partial charge in [0.15, 0.2) is 5.11 Å². The van der Waals surface area contributed by atoms with Crippen molar-refractivity contribution in [1.29, 1.82) is 0 Å². The van der Waals surface area contributed by atoms with Gasteiger partial charge in [0, 0.05) is 18.3 Å². The van der Waals surface area contributed by atoms with Crippen molar-refractivity contribution in [3.8, 4) is 0 Å². The van der Waals surface area contributed by atoms with Crippen molar-refractivity contribution in [1.82, 2.24) is 10.2 Å². The molecule has 1 atom stereocenters. The molecule has 0 radical (unpaired) electrons. The van der Waals surface area contributed by atoms with Crippen LogP contribution in [0.25, 0.3) is 0 Å². The molecular formula is C18H29N3S. The van der Waals surface area contributed by atoms with Crippen LogP contribution in [0.2, 0.25) is 0 Å². The van der Waals surface area contributed by atoms with Crippen molar-refractivity contribution in [2.75, 3.05) is 25.0 Å². The number of thiocarbonyl (C=S) groups is 1. The van der Waals surface area contributed by atoms with Crippen molar-refractivity contribution in [3.63, 3.8) is 0 Å². The van der Waals surface area contributed by atoms with Gasteiger partial charge in [-0.05, 0) is 68.7 Å². The first-order chi connectivity index (χ1) is 10.7. The number of benzene rings is 1. The number of anilines is 1. The summed E-state index contributed by atoms with van der Waals surface area (Å²) in [6, 6.07) is 9.24. The summed E-state index contributed by atoms with van der Waals surface area (Å²) in [4.78, 5) is 2.53. The van der Waals surface area contributed by atoms with Gasteiger partial charge in [0.1, 0.15) is 0 Å². The van der Waals surface area contributed by atoms with E-state index in [0.29, 0.717) is 6.04 Å². The second kappa shape index (κ2) is 9.11. The van der Waals surface area contributed by atoms with Crippen LogP contribution < -0.4 is 10.6 Å². The van der Waals surface area contributed by atoms with Gasteiger partial charge < -0.3 is 10.6 Å². The maximum atomic E-state index is 5.41. The lowest BCUT2D eigenvalue weighted by atomic mass is 10.1. The van der Waals surface area contributed by atoms with Gasteiger partial charge in [-0.15, -0.1) is 0 Å². The van der Waals surface area contributed by atoms with Crippen molar-refractivity contribution < 1.29 is 0 Å². The van der Waals surface area contributed by atoms with Crippen LogP contribution in [-0.4, -0.2) is 35.7 Å². The van der Waals surface area contributed by atoms with Crippen molar-refractivity contribution >= 4 is 23.0 Å². The minimum atomic E-state index is 0.626. The third kappa shape index (κ3) is 5.25. The summed E-state index contributed by atoms with van der Waals surface area (Å²) < 4.78 is 0. The molecule has 0 amide bonds. The zero-order valence-corrected chi connectivity index (χ0v) is 14.7. The molecule has 22 heavy (non-hydrogen) atoms. The predicted octanol–water partition coefficient (Wildman–Crippen LogP) is 3.80. The lowest BCUT2D eigenvalue weighted by Crippen LogP contribution is -2.41. The smallest absolute Gasteiger partial charge is 0.170 e. The summed E-state index contributed by atoms with van der Waals surface area (Å²) in [6.45, 7) is 7.75. The summed E-state index contributed by atoms with van der Waals surface area (Å²) in [5.74, 6) is 0. The van der Waals surface area contributed by atoms with Gasteiger partial charge in [-0.25, -0.2) is 0 Å².